The molecule has 3 rings (SSSR count). The van der Waals surface area contributed by atoms with Crippen molar-refractivity contribution < 1.29 is 0 Å². The smallest absolute Gasteiger partial charge is 0.141 e. The Balaban J connectivity index is 2.49. The number of aromatic nitrogens is 2. The zero-order valence-corrected chi connectivity index (χ0v) is 8.38. The largest absolute Gasteiger partial charge is 0.256 e. The normalized spacial score (nSPS) is 10.4. The van der Waals surface area contributed by atoms with E-state index in [-0.39, 0.29) is 0 Å². The molecule has 0 atom stereocenters. The molecule has 0 amide bonds. The molecule has 0 fully saturated rings. The second-order valence-corrected chi connectivity index (χ2v) is 3.52. The minimum absolute atomic E-state index is 0.433. The summed E-state index contributed by atoms with van der Waals surface area (Å²) in [6, 6.07) is 13.5. The van der Waals surface area contributed by atoms with Crippen LogP contribution in [0.3, 0.4) is 0 Å². The van der Waals surface area contributed by atoms with E-state index in [2.05, 4.69) is 9.97 Å². The molecule has 1 aromatic carbocycles. The highest BCUT2D eigenvalue weighted by molar-refractivity contribution is 6.03. The molecule has 0 aliphatic rings. The topological polar surface area (TPSA) is 49.6 Å². The van der Waals surface area contributed by atoms with E-state index in [0.29, 0.717) is 5.69 Å². The van der Waals surface area contributed by atoms with E-state index in [1.807, 2.05) is 36.4 Å². The number of fused-ring (bicyclic) bond motifs is 3. The maximum Gasteiger partial charge on any atom is 0.141 e. The lowest BCUT2D eigenvalue weighted by Gasteiger charge is -2.01. The zero-order chi connectivity index (χ0) is 11.0. The van der Waals surface area contributed by atoms with Crippen molar-refractivity contribution in [1.29, 1.82) is 5.26 Å². The zero-order valence-electron chi connectivity index (χ0n) is 8.38. The quantitative estimate of drug-likeness (QED) is 0.530. The van der Waals surface area contributed by atoms with Gasteiger partial charge in [-0.2, -0.15) is 5.26 Å². The molecule has 74 valence electrons. The van der Waals surface area contributed by atoms with Crippen LogP contribution in [0.15, 0.2) is 42.6 Å². The summed E-state index contributed by atoms with van der Waals surface area (Å²) in [5.41, 5.74) is 2.17. The van der Waals surface area contributed by atoms with Gasteiger partial charge >= 0.3 is 0 Å². The minimum atomic E-state index is 0.433. The van der Waals surface area contributed by atoms with Crippen molar-refractivity contribution in [2.75, 3.05) is 0 Å². The van der Waals surface area contributed by atoms with Crippen molar-refractivity contribution in [3.8, 4) is 6.07 Å². The van der Waals surface area contributed by atoms with Gasteiger partial charge in [-0.1, -0.05) is 12.1 Å². The van der Waals surface area contributed by atoms with Crippen molar-refractivity contribution in [2.24, 2.45) is 0 Å². The summed E-state index contributed by atoms with van der Waals surface area (Å²) in [6.07, 6.45) is 1.76. The number of rotatable bonds is 0. The van der Waals surface area contributed by atoms with Gasteiger partial charge in [-0.3, -0.25) is 4.98 Å². The highest BCUT2D eigenvalue weighted by atomic mass is 14.7. The van der Waals surface area contributed by atoms with E-state index in [9.17, 15) is 0 Å². The molecule has 0 saturated heterocycles. The molecule has 3 nitrogen and oxygen atoms in total. The first-order chi connectivity index (χ1) is 7.88. The van der Waals surface area contributed by atoms with Crippen LogP contribution in [-0.2, 0) is 0 Å². The van der Waals surface area contributed by atoms with E-state index in [1.165, 1.54) is 0 Å². The Hall–Kier alpha value is -2.47. The molecule has 0 unspecified atom stereocenters. The molecule has 0 N–H and O–H groups in total. The van der Waals surface area contributed by atoms with E-state index in [0.717, 1.165) is 21.8 Å². The van der Waals surface area contributed by atoms with Crippen LogP contribution in [0.1, 0.15) is 5.69 Å². The molecule has 0 radical (unpaired) electrons. The summed E-state index contributed by atoms with van der Waals surface area (Å²) in [6.45, 7) is 0. The highest BCUT2D eigenvalue weighted by Gasteiger charge is 2.02. The van der Waals surface area contributed by atoms with Gasteiger partial charge < -0.3 is 0 Å². The summed E-state index contributed by atoms with van der Waals surface area (Å²) in [7, 11) is 0. The van der Waals surface area contributed by atoms with Gasteiger partial charge in [0.2, 0.25) is 0 Å². The van der Waals surface area contributed by atoms with Crippen LogP contribution in [0.4, 0.5) is 0 Å². The molecule has 16 heavy (non-hydrogen) atoms. The number of hydrogen-bond acceptors (Lipinski definition) is 3. The maximum atomic E-state index is 8.78. The molecule has 0 aliphatic carbocycles. The van der Waals surface area contributed by atoms with E-state index in [4.69, 9.17) is 5.26 Å². The van der Waals surface area contributed by atoms with Gasteiger partial charge in [-0.05, 0) is 24.3 Å². The Morgan fingerprint density at radius 2 is 2.00 bits per heavy atom. The van der Waals surface area contributed by atoms with Crippen LogP contribution < -0.4 is 0 Å². The third kappa shape index (κ3) is 1.21. The Labute approximate surface area is 92.0 Å². The van der Waals surface area contributed by atoms with Gasteiger partial charge in [0, 0.05) is 17.0 Å². The average molecular weight is 205 g/mol. The maximum absolute atomic E-state index is 8.78. The van der Waals surface area contributed by atoms with Gasteiger partial charge in [0.15, 0.2) is 0 Å². The van der Waals surface area contributed by atoms with Crippen LogP contribution >= 0.6 is 0 Å². The summed E-state index contributed by atoms with van der Waals surface area (Å²) in [5.74, 6) is 0. The average Bonchev–Trinajstić information content (AvgIpc) is 2.38. The van der Waals surface area contributed by atoms with Crippen molar-refractivity contribution in [3.63, 3.8) is 0 Å². The first-order valence-electron chi connectivity index (χ1n) is 4.93. The van der Waals surface area contributed by atoms with Crippen LogP contribution in [0.25, 0.3) is 21.8 Å². The number of nitrogens with zero attached hydrogens (tertiary/aromatic N) is 3. The van der Waals surface area contributed by atoms with E-state index < -0.39 is 0 Å². The van der Waals surface area contributed by atoms with Crippen molar-refractivity contribution in [1.82, 2.24) is 9.97 Å². The van der Waals surface area contributed by atoms with Gasteiger partial charge in [-0.15, -0.1) is 0 Å². The summed E-state index contributed by atoms with van der Waals surface area (Å²) in [5, 5.41) is 10.9. The van der Waals surface area contributed by atoms with Gasteiger partial charge in [0.25, 0.3) is 0 Å². The second-order valence-electron chi connectivity index (χ2n) is 3.52. The van der Waals surface area contributed by atoms with Crippen LogP contribution in [0.2, 0.25) is 0 Å². The van der Waals surface area contributed by atoms with Crippen molar-refractivity contribution in [3.05, 3.63) is 48.3 Å². The first kappa shape index (κ1) is 8.81. The standard InChI is InChI=1S/C13H7N3/c14-8-10-4-5-11-12(16-10)6-3-9-2-1-7-15-13(9)11/h1-7H. The van der Waals surface area contributed by atoms with E-state index >= 15 is 0 Å². The Morgan fingerprint density at radius 3 is 2.88 bits per heavy atom. The van der Waals surface area contributed by atoms with Gasteiger partial charge in [-0.25, -0.2) is 4.98 Å². The molecule has 0 spiro atoms. The van der Waals surface area contributed by atoms with Crippen LogP contribution in [0, 0.1) is 11.3 Å². The number of pyridine rings is 2. The third-order valence-electron chi connectivity index (χ3n) is 2.55. The lowest BCUT2D eigenvalue weighted by Crippen LogP contribution is -1.86. The number of hydrogen-bond donors (Lipinski definition) is 0. The van der Waals surface area contributed by atoms with E-state index in [1.54, 1.807) is 12.3 Å². The Morgan fingerprint density at radius 1 is 1.06 bits per heavy atom. The highest BCUT2D eigenvalue weighted by Crippen LogP contribution is 2.21. The second kappa shape index (κ2) is 3.28. The fourth-order valence-corrected chi connectivity index (χ4v) is 1.81. The summed E-state index contributed by atoms with van der Waals surface area (Å²) >= 11 is 0. The minimum Gasteiger partial charge on any atom is -0.256 e. The monoisotopic (exact) mass is 205 g/mol. The predicted molar refractivity (Wildman–Crippen MR) is 61.8 cm³/mol. The molecule has 0 aliphatic heterocycles. The summed E-state index contributed by atoms with van der Waals surface area (Å²) in [4.78, 5) is 8.58. The van der Waals surface area contributed by atoms with Crippen molar-refractivity contribution >= 4 is 21.8 Å². The van der Waals surface area contributed by atoms with Gasteiger partial charge in [0.05, 0.1) is 11.0 Å². The number of benzene rings is 1. The molecule has 2 heterocycles. The molecule has 3 heteroatoms. The van der Waals surface area contributed by atoms with Crippen LogP contribution in [-0.4, -0.2) is 9.97 Å². The predicted octanol–water partition coefficient (Wildman–Crippen LogP) is 2.65. The Bertz CT molecular complexity index is 726. The third-order valence-corrected chi connectivity index (χ3v) is 2.55. The Kier molecular flexibility index (Phi) is 1.81. The van der Waals surface area contributed by atoms with Crippen LogP contribution in [0.5, 0.6) is 0 Å². The lowest BCUT2D eigenvalue weighted by molar-refractivity contribution is 1.32. The molecule has 2 aromatic heterocycles. The molecular formula is C13H7N3. The SMILES string of the molecule is N#Cc1ccc2c(ccc3cccnc32)n1. The molecular weight excluding hydrogens is 198 g/mol. The first-order valence-corrected chi connectivity index (χ1v) is 4.93. The molecule has 3 aromatic rings. The fourth-order valence-electron chi connectivity index (χ4n) is 1.81. The number of nitriles is 1. The summed E-state index contributed by atoms with van der Waals surface area (Å²) < 4.78 is 0. The molecule has 0 saturated carbocycles. The fraction of sp³-hybridized carbons (Fsp3) is 0. The lowest BCUT2D eigenvalue weighted by atomic mass is 10.1. The van der Waals surface area contributed by atoms with Crippen molar-refractivity contribution in [2.45, 2.75) is 0 Å². The van der Waals surface area contributed by atoms with Gasteiger partial charge in [0.1, 0.15) is 11.8 Å². The molecule has 0 bridgehead atoms.